The highest BCUT2D eigenvalue weighted by atomic mass is 16.4. The first kappa shape index (κ1) is 18.9. The second kappa shape index (κ2) is 11.7. The van der Waals surface area contributed by atoms with Gasteiger partial charge in [0.2, 0.25) is 0 Å². The molecule has 0 radical (unpaired) electrons. The zero-order valence-corrected chi connectivity index (χ0v) is 12.2. The van der Waals surface area contributed by atoms with Crippen LogP contribution in [-0.2, 0) is 9.59 Å². The van der Waals surface area contributed by atoms with E-state index in [1.807, 2.05) is 0 Å². The molecule has 0 amide bonds. The van der Waals surface area contributed by atoms with E-state index in [2.05, 4.69) is 12.2 Å². The van der Waals surface area contributed by atoms with E-state index in [-0.39, 0.29) is 19.3 Å². The van der Waals surface area contributed by atoms with Crippen molar-refractivity contribution >= 4 is 11.9 Å². The lowest BCUT2D eigenvalue weighted by Gasteiger charge is -2.19. The topological polar surface area (TPSA) is 107 Å². The molecule has 0 aliphatic rings. The number of hydrogen-bond acceptors (Lipinski definition) is 4. The second-order valence-corrected chi connectivity index (χ2v) is 5.06. The van der Waals surface area contributed by atoms with Crippen molar-refractivity contribution in [1.29, 1.82) is 0 Å². The summed E-state index contributed by atoms with van der Waals surface area (Å²) in [4.78, 5) is 21.4. The second-order valence-electron chi connectivity index (χ2n) is 5.06. The maximum Gasteiger partial charge on any atom is 0.320 e. The van der Waals surface area contributed by atoms with E-state index in [4.69, 9.17) is 10.2 Å². The van der Waals surface area contributed by atoms with Crippen LogP contribution < -0.4 is 5.32 Å². The normalized spacial score (nSPS) is 13.9. The Hall–Kier alpha value is -1.14. The van der Waals surface area contributed by atoms with E-state index in [0.29, 0.717) is 6.42 Å². The molecule has 0 aromatic rings. The molecule has 0 aliphatic carbocycles. The van der Waals surface area contributed by atoms with Crippen LogP contribution in [0.5, 0.6) is 0 Å². The number of aliphatic hydroxyl groups is 1. The van der Waals surface area contributed by atoms with E-state index < -0.39 is 24.2 Å². The largest absolute Gasteiger partial charge is 0.481 e. The van der Waals surface area contributed by atoms with Gasteiger partial charge in [0.25, 0.3) is 0 Å². The molecule has 0 aromatic heterocycles. The number of rotatable bonds is 13. The first-order valence-corrected chi connectivity index (χ1v) is 7.36. The van der Waals surface area contributed by atoms with E-state index in [0.717, 1.165) is 25.7 Å². The van der Waals surface area contributed by atoms with Crippen LogP contribution in [0, 0.1) is 0 Å². The Labute approximate surface area is 120 Å². The number of aliphatic carboxylic acids is 2. The summed E-state index contributed by atoms with van der Waals surface area (Å²) in [6.07, 6.45) is 5.45. The maximum atomic E-state index is 11.0. The number of hydrogen-bond donors (Lipinski definition) is 4. The Morgan fingerprint density at radius 3 is 2.20 bits per heavy atom. The molecule has 0 heterocycles. The summed E-state index contributed by atoms with van der Waals surface area (Å²) in [5, 5.41) is 29.9. The molecule has 2 unspecified atom stereocenters. The third-order valence-corrected chi connectivity index (χ3v) is 3.16. The van der Waals surface area contributed by atoms with Crippen LogP contribution >= 0.6 is 0 Å². The van der Waals surface area contributed by atoms with Crippen LogP contribution in [0.4, 0.5) is 0 Å². The van der Waals surface area contributed by atoms with Crippen molar-refractivity contribution in [3.8, 4) is 0 Å². The summed E-state index contributed by atoms with van der Waals surface area (Å²) >= 11 is 0. The highest BCUT2D eigenvalue weighted by Crippen LogP contribution is 2.08. The van der Waals surface area contributed by atoms with Gasteiger partial charge in [0.15, 0.2) is 0 Å². The molecule has 0 aliphatic heterocycles. The molecule has 0 fully saturated rings. The summed E-state index contributed by atoms with van der Waals surface area (Å²) in [6.45, 7) is 2.13. The van der Waals surface area contributed by atoms with Gasteiger partial charge in [-0.1, -0.05) is 32.6 Å². The highest BCUT2D eigenvalue weighted by molar-refractivity contribution is 5.73. The molecule has 0 rings (SSSR count). The number of carboxylic acids is 2. The lowest BCUT2D eigenvalue weighted by atomic mass is 10.1. The minimum Gasteiger partial charge on any atom is -0.481 e. The Kier molecular flexibility index (Phi) is 11.0. The zero-order chi connectivity index (χ0) is 15.4. The lowest BCUT2D eigenvalue weighted by Crippen LogP contribution is -2.43. The van der Waals surface area contributed by atoms with E-state index in [1.54, 1.807) is 0 Å². The molecule has 118 valence electrons. The fraction of sp³-hybridized carbons (Fsp3) is 0.857. The maximum absolute atomic E-state index is 11.0. The van der Waals surface area contributed by atoms with Crippen LogP contribution in [0.2, 0.25) is 0 Å². The molecule has 2 atom stereocenters. The van der Waals surface area contributed by atoms with Crippen molar-refractivity contribution < 1.29 is 24.9 Å². The third kappa shape index (κ3) is 10.8. The average Bonchev–Trinajstić information content (AvgIpc) is 2.36. The molecule has 6 nitrogen and oxygen atoms in total. The molecule has 20 heavy (non-hydrogen) atoms. The predicted molar refractivity (Wildman–Crippen MR) is 75.4 cm³/mol. The Balaban J connectivity index is 3.86. The number of carbonyl (C=O) groups is 2. The van der Waals surface area contributed by atoms with Crippen molar-refractivity contribution in [3.63, 3.8) is 0 Å². The molecule has 0 spiro atoms. The first-order valence-electron chi connectivity index (χ1n) is 7.36. The van der Waals surface area contributed by atoms with E-state index >= 15 is 0 Å². The van der Waals surface area contributed by atoms with Crippen LogP contribution in [-0.4, -0.2) is 39.5 Å². The van der Waals surface area contributed by atoms with Crippen molar-refractivity contribution in [3.05, 3.63) is 0 Å². The fourth-order valence-corrected chi connectivity index (χ4v) is 1.99. The smallest absolute Gasteiger partial charge is 0.320 e. The Morgan fingerprint density at radius 2 is 1.65 bits per heavy atom. The molecular formula is C14H27NO5. The molecule has 0 saturated carbocycles. The monoisotopic (exact) mass is 289 g/mol. The summed E-state index contributed by atoms with van der Waals surface area (Å²) in [6, 6.07) is -0.889. The van der Waals surface area contributed by atoms with E-state index in [9.17, 15) is 14.7 Å². The molecule has 4 N–H and O–H groups in total. The van der Waals surface area contributed by atoms with Crippen LogP contribution in [0.15, 0.2) is 0 Å². The van der Waals surface area contributed by atoms with Gasteiger partial charge in [-0.15, -0.1) is 0 Å². The van der Waals surface area contributed by atoms with Crippen LogP contribution in [0.25, 0.3) is 0 Å². The molecule has 0 bridgehead atoms. The number of nitrogens with one attached hydrogen (secondary N) is 1. The van der Waals surface area contributed by atoms with Gasteiger partial charge in [0.1, 0.15) is 12.3 Å². The van der Waals surface area contributed by atoms with Crippen molar-refractivity contribution in [2.75, 3.05) is 0 Å². The predicted octanol–water partition coefficient (Wildman–Crippen LogP) is 1.96. The van der Waals surface area contributed by atoms with E-state index in [1.165, 1.54) is 6.42 Å². The lowest BCUT2D eigenvalue weighted by molar-refractivity contribution is -0.142. The first-order chi connectivity index (χ1) is 9.47. The molecular weight excluding hydrogens is 262 g/mol. The SMILES string of the molecule is CCCCCCCC(O)NC(CCCC(=O)O)C(=O)O. The number of carboxylic acid groups (broad SMARTS) is 2. The number of aliphatic hydroxyl groups excluding tert-OH is 1. The summed E-state index contributed by atoms with van der Waals surface area (Å²) in [5.41, 5.74) is 0. The Bertz CT molecular complexity index is 283. The van der Waals surface area contributed by atoms with Gasteiger partial charge in [-0.3, -0.25) is 14.9 Å². The van der Waals surface area contributed by atoms with Gasteiger partial charge in [-0.05, 0) is 25.7 Å². The minimum absolute atomic E-state index is 0.0570. The fourth-order valence-electron chi connectivity index (χ4n) is 1.99. The van der Waals surface area contributed by atoms with Crippen LogP contribution in [0.3, 0.4) is 0 Å². The van der Waals surface area contributed by atoms with Crippen LogP contribution in [0.1, 0.15) is 64.7 Å². The Morgan fingerprint density at radius 1 is 1.00 bits per heavy atom. The van der Waals surface area contributed by atoms with Crippen molar-refractivity contribution in [2.24, 2.45) is 0 Å². The van der Waals surface area contributed by atoms with Gasteiger partial charge >= 0.3 is 11.9 Å². The summed E-state index contributed by atoms with van der Waals surface area (Å²) < 4.78 is 0. The molecule has 0 saturated heterocycles. The average molecular weight is 289 g/mol. The van der Waals surface area contributed by atoms with Gasteiger partial charge < -0.3 is 15.3 Å². The zero-order valence-electron chi connectivity index (χ0n) is 12.2. The third-order valence-electron chi connectivity index (χ3n) is 3.16. The van der Waals surface area contributed by atoms with Crippen molar-refractivity contribution in [1.82, 2.24) is 5.32 Å². The molecule has 6 heteroatoms. The van der Waals surface area contributed by atoms with Gasteiger partial charge in [0.05, 0.1) is 0 Å². The van der Waals surface area contributed by atoms with Crippen molar-refractivity contribution in [2.45, 2.75) is 77.0 Å². The highest BCUT2D eigenvalue weighted by Gasteiger charge is 2.20. The molecule has 0 aromatic carbocycles. The summed E-state index contributed by atoms with van der Waals surface area (Å²) in [5.74, 6) is -1.99. The standard InChI is InChI=1S/C14H27NO5/c1-2-3-4-5-6-9-12(16)15-11(14(19)20)8-7-10-13(17)18/h11-12,15-16H,2-10H2,1H3,(H,17,18)(H,19,20). The number of unbranched alkanes of at least 4 members (excludes halogenated alkanes) is 4. The minimum atomic E-state index is -1.06. The van der Waals surface area contributed by atoms with Gasteiger partial charge in [-0.25, -0.2) is 0 Å². The summed E-state index contributed by atoms with van der Waals surface area (Å²) in [7, 11) is 0. The van der Waals surface area contributed by atoms with Gasteiger partial charge in [0, 0.05) is 6.42 Å². The quantitative estimate of drug-likeness (QED) is 0.305. The van der Waals surface area contributed by atoms with Gasteiger partial charge in [-0.2, -0.15) is 0 Å².